The van der Waals surface area contributed by atoms with Gasteiger partial charge in [-0.25, -0.2) is 4.98 Å². The van der Waals surface area contributed by atoms with Gasteiger partial charge in [0.05, 0.1) is 0 Å². The third-order valence-corrected chi connectivity index (χ3v) is 2.44. The molecule has 0 aliphatic heterocycles. The third kappa shape index (κ3) is 2.51. The Morgan fingerprint density at radius 2 is 2.29 bits per heavy atom. The van der Waals surface area contributed by atoms with E-state index in [0.29, 0.717) is 12.4 Å². The Morgan fingerprint density at radius 3 is 3.06 bits per heavy atom. The van der Waals surface area contributed by atoms with E-state index in [1.54, 1.807) is 19.4 Å². The predicted molar refractivity (Wildman–Crippen MR) is 67.1 cm³/mol. The molecule has 0 spiro atoms. The summed E-state index contributed by atoms with van der Waals surface area (Å²) in [6.45, 7) is 0.468. The topological polar surface area (TPSA) is 72.9 Å². The maximum Gasteiger partial charge on any atom is 0.293 e. The van der Waals surface area contributed by atoms with Crippen LogP contribution < -0.4 is 16.6 Å². The molecule has 1 aromatic carbocycles. The van der Waals surface area contributed by atoms with Gasteiger partial charge in [-0.2, -0.15) is 0 Å². The summed E-state index contributed by atoms with van der Waals surface area (Å²) in [6.07, 6.45) is 3.19. The van der Waals surface area contributed by atoms with Crippen LogP contribution in [0.4, 0.5) is 11.5 Å². The number of benzene rings is 1. The zero-order valence-electron chi connectivity index (χ0n) is 9.55. The SMILES string of the molecule is Cn1ccnc(Nc2cccc(CN)c2)c1=O. The van der Waals surface area contributed by atoms with Gasteiger partial charge in [0, 0.05) is 31.7 Å². The summed E-state index contributed by atoms with van der Waals surface area (Å²) in [5, 5.41) is 2.99. The minimum absolute atomic E-state index is 0.161. The second-order valence-electron chi connectivity index (χ2n) is 3.72. The highest BCUT2D eigenvalue weighted by Gasteiger charge is 2.02. The van der Waals surface area contributed by atoms with Gasteiger partial charge in [-0.1, -0.05) is 12.1 Å². The molecule has 0 bridgehead atoms. The average molecular weight is 230 g/mol. The van der Waals surface area contributed by atoms with Crippen LogP contribution in [-0.2, 0) is 13.6 Å². The predicted octanol–water partition coefficient (Wildman–Crippen LogP) is 0.983. The molecule has 1 heterocycles. The standard InChI is InChI=1S/C12H14N4O/c1-16-6-5-14-11(12(16)17)15-10-4-2-3-9(7-10)8-13/h2-7H,8,13H2,1H3,(H,14,15). The maximum atomic E-state index is 11.7. The molecule has 0 aliphatic rings. The molecule has 0 atom stereocenters. The monoisotopic (exact) mass is 230 g/mol. The number of aryl methyl sites for hydroxylation is 1. The lowest BCUT2D eigenvalue weighted by Crippen LogP contribution is -2.20. The summed E-state index contributed by atoms with van der Waals surface area (Å²) in [7, 11) is 1.69. The number of anilines is 2. The van der Waals surface area contributed by atoms with Gasteiger partial charge in [0.2, 0.25) is 0 Å². The first-order valence-electron chi connectivity index (χ1n) is 5.28. The van der Waals surface area contributed by atoms with E-state index in [1.165, 1.54) is 4.57 Å². The molecule has 2 aromatic rings. The van der Waals surface area contributed by atoms with E-state index >= 15 is 0 Å². The van der Waals surface area contributed by atoms with Gasteiger partial charge in [0.15, 0.2) is 5.82 Å². The van der Waals surface area contributed by atoms with Crippen LogP contribution in [0.1, 0.15) is 5.56 Å². The van der Waals surface area contributed by atoms with Crippen molar-refractivity contribution in [1.29, 1.82) is 0 Å². The first kappa shape index (κ1) is 11.3. The van der Waals surface area contributed by atoms with Gasteiger partial charge in [-0.15, -0.1) is 0 Å². The molecule has 2 rings (SSSR count). The molecule has 0 radical (unpaired) electrons. The van der Waals surface area contributed by atoms with Crippen LogP contribution in [0.3, 0.4) is 0 Å². The number of nitrogens with one attached hydrogen (secondary N) is 1. The molecule has 0 aliphatic carbocycles. The Kier molecular flexibility index (Phi) is 3.20. The van der Waals surface area contributed by atoms with E-state index in [2.05, 4.69) is 10.3 Å². The Hall–Kier alpha value is -2.14. The van der Waals surface area contributed by atoms with Crippen molar-refractivity contribution in [3.05, 3.63) is 52.6 Å². The zero-order valence-corrected chi connectivity index (χ0v) is 9.55. The zero-order chi connectivity index (χ0) is 12.3. The molecule has 0 unspecified atom stereocenters. The van der Waals surface area contributed by atoms with Crippen LogP contribution in [0.25, 0.3) is 0 Å². The average Bonchev–Trinajstić information content (AvgIpc) is 2.35. The number of nitrogens with zero attached hydrogens (tertiary/aromatic N) is 2. The van der Waals surface area contributed by atoms with E-state index in [-0.39, 0.29) is 5.56 Å². The van der Waals surface area contributed by atoms with Crippen molar-refractivity contribution in [2.75, 3.05) is 5.32 Å². The maximum absolute atomic E-state index is 11.7. The molecular formula is C12H14N4O. The minimum atomic E-state index is -0.161. The van der Waals surface area contributed by atoms with E-state index in [9.17, 15) is 4.79 Å². The van der Waals surface area contributed by atoms with Gasteiger partial charge in [0.25, 0.3) is 5.56 Å². The van der Waals surface area contributed by atoms with Gasteiger partial charge in [-0.3, -0.25) is 4.79 Å². The van der Waals surface area contributed by atoms with Crippen molar-refractivity contribution in [3.63, 3.8) is 0 Å². The molecule has 5 heteroatoms. The fourth-order valence-electron chi connectivity index (χ4n) is 1.50. The Bertz CT molecular complexity index is 577. The summed E-state index contributed by atoms with van der Waals surface area (Å²) >= 11 is 0. The first-order chi connectivity index (χ1) is 8.20. The first-order valence-corrected chi connectivity index (χ1v) is 5.28. The smallest absolute Gasteiger partial charge is 0.293 e. The third-order valence-electron chi connectivity index (χ3n) is 2.44. The lowest BCUT2D eigenvalue weighted by molar-refractivity contribution is 0.845. The summed E-state index contributed by atoms with van der Waals surface area (Å²) < 4.78 is 1.47. The largest absolute Gasteiger partial charge is 0.336 e. The van der Waals surface area contributed by atoms with Gasteiger partial charge in [0.1, 0.15) is 0 Å². The van der Waals surface area contributed by atoms with Crippen LogP contribution in [0.2, 0.25) is 0 Å². The molecule has 0 saturated heterocycles. The summed E-state index contributed by atoms with van der Waals surface area (Å²) in [5.41, 5.74) is 7.21. The summed E-state index contributed by atoms with van der Waals surface area (Å²) in [6, 6.07) is 7.58. The second kappa shape index (κ2) is 4.80. The Labute approximate surface area is 98.9 Å². The number of aromatic nitrogens is 2. The fourth-order valence-corrected chi connectivity index (χ4v) is 1.50. The fraction of sp³-hybridized carbons (Fsp3) is 0.167. The summed E-state index contributed by atoms with van der Waals surface area (Å²) in [5.74, 6) is 0.309. The van der Waals surface area contributed by atoms with Gasteiger partial charge < -0.3 is 15.6 Å². The van der Waals surface area contributed by atoms with Crippen LogP contribution in [0, 0.1) is 0 Å². The van der Waals surface area contributed by atoms with Gasteiger partial charge in [-0.05, 0) is 17.7 Å². The highest BCUT2D eigenvalue weighted by atomic mass is 16.1. The lowest BCUT2D eigenvalue weighted by Gasteiger charge is -2.07. The van der Waals surface area contributed by atoms with Crippen LogP contribution >= 0.6 is 0 Å². The van der Waals surface area contributed by atoms with Crippen LogP contribution in [-0.4, -0.2) is 9.55 Å². The quantitative estimate of drug-likeness (QED) is 0.824. The van der Waals surface area contributed by atoms with Gasteiger partial charge >= 0.3 is 0 Å². The minimum Gasteiger partial charge on any atom is -0.336 e. The number of hydrogen-bond donors (Lipinski definition) is 2. The molecule has 3 N–H and O–H groups in total. The molecule has 88 valence electrons. The number of rotatable bonds is 3. The molecule has 0 fully saturated rings. The van der Waals surface area contributed by atoms with Crippen molar-refractivity contribution >= 4 is 11.5 Å². The van der Waals surface area contributed by atoms with Crippen LogP contribution in [0.15, 0.2) is 41.5 Å². The number of hydrogen-bond acceptors (Lipinski definition) is 4. The number of nitrogens with two attached hydrogens (primary N) is 1. The second-order valence-corrected chi connectivity index (χ2v) is 3.72. The highest BCUT2D eigenvalue weighted by Crippen LogP contribution is 2.13. The summed E-state index contributed by atoms with van der Waals surface area (Å²) in [4.78, 5) is 15.8. The molecule has 1 aromatic heterocycles. The van der Waals surface area contributed by atoms with Crippen molar-refractivity contribution in [3.8, 4) is 0 Å². The normalized spacial score (nSPS) is 10.2. The van der Waals surface area contributed by atoms with Crippen molar-refractivity contribution < 1.29 is 0 Å². The molecule has 5 nitrogen and oxygen atoms in total. The van der Waals surface area contributed by atoms with E-state index in [1.807, 2.05) is 24.3 Å². The molecule has 17 heavy (non-hydrogen) atoms. The van der Waals surface area contributed by atoms with Crippen molar-refractivity contribution in [2.24, 2.45) is 12.8 Å². The Morgan fingerprint density at radius 1 is 1.47 bits per heavy atom. The van der Waals surface area contributed by atoms with Crippen molar-refractivity contribution in [2.45, 2.75) is 6.54 Å². The molecule has 0 saturated carbocycles. The lowest BCUT2D eigenvalue weighted by atomic mass is 10.2. The Balaban J connectivity index is 2.31. The van der Waals surface area contributed by atoms with Crippen molar-refractivity contribution in [1.82, 2.24) is 9.55 Å². The van der Waals surface area contributed by atoms with E-state index in [4.69, 9.17) is 5.73 Å². The highest BCUT2D eigenvalue weighted by molar-refractivity contribution is 5.56. The van der Waals surface area contributed by atoms with Crippen LogP contribution in [0.5, 0.6) is 0 Å². The van der Waals surface area contributed by atoms with E-state index < -0.39 is 0 Å². The molecular weight excluding hydrogens is 216 g/mol. The van der Waals surface area contributed by atoms with E-state index in [0.717, 1.165) is 11.3 Å². The molecule has 0 amide bonds.